The molecule has 1 saturated carbocycles. The Morgan fingerprint density at radius 2 is 1.95 bits per heavy atom. The van der Waals surface area contributed by atoms with Crippen LogP contribution in [0.5, 0.6) is 0 Å². The van der Waals surface area contributed by atoms with Gasteiger partial charge in [0.2, 0.25) is 5.91 Å². The Labute approximate surface area is 116 Å². The highest BCUT2D eigenvalue weighted by atomic mass is 16.2. The van der Waals surface area contributed by atoms with E-state index in [2.05, 4.69) is 9.80 Å². The topological polar surface area (TPSA) is 49.6 Å². The van der Waals surface area contributed by atoms with E-state index in [0.717, 1.165) is 32.5 Å². The Kier molecular flexibility index (Phi) is 4.08. The number of amides is 1. The van der Waals surface area contributed by atoms with Gasteiger partial charge in [0, 0.05) is 31.6 Å². The second-order valence-electron chi connectivity index (χ2n) is 6.50. The Balaban J connectivity index is 1.61. The molecule has 4 nitrogen and oxygen atoms in total. The molecule has 0 aromatic rings. The van der Waals surface area contributed by atoms with Gasteiger partial charge in [-0.25, -0.2) is 0 Å². The maximum atomic E-state index is 12.7. The zero-order chi connectivity index (χ0) is 13.2. The van der Waals surface area contributed by atoms with Crippen LogP contribution >= 0.6 is 0 Å². The number of nitrogens with two attached hydrogens (primary N) is 1. The molecule has 0 aromatic heterocycles. The summed E-state index contributed by atoms with van der Waals surface area (Å²) in [5.41, 5.74) is 5.82. The van der Waals surface area contributed by atoms with Crippen LogP contribution < -0.4 is 5.73 Å². The smallest absolute Gasteiger partial charge is 0.226 e. The minimum Gasteiger partial charge on any atom is -0.340 e. The fraction of sp³-hybridized carbons (Fsp3) is 0.933. The minimum atomic E-state index is 0.222. The molecule has 1 amide bonds. The first kappa shape index (κ1) is 13.4. The van der Waals surface area contributed by atoms with Gasteiger partial charge in [0.05, 0.1) is 0 Å². The van der Waals surface area contributed by atoms with Gasteiger partial charge in [0.1, 0.15) is 0 Å². The van der Waals surface area contributed by atoms with Gasteiger partial charge in [0.25, 0.3) is 0 Å². The van der Waals surface area contributed by atoms with E-state index in [9.17, 15) is 4.79 Å². The molecule has 0 radical (unpaired) electrons. The summed E-state index contributed by atoms with van der Waals surface area (Å²) >= 11 is 0. The number of carbonyl (C=O) groups excluding carboxylic acids is 1. The maximum absolute atomic E-state index is 12.7. The normalized spacial score (nSPS) is 36.3. The van der Waals surface area contributed by atoms with Gasteiger partial charge in [-0.1, -0.05) is 12.8 Å². The molecular formula is C15H27N3O. The molecule has 2 N–H and O–H groups in total. The molecule has 108 valence electrons. The van der Waals surface area contributed by atoms with E-state index >= 15 is 0 Å². The van der Waals surface area contributed by atoms with Gasteiger partial charge in [0.15, 0.2) is 0 Å². The monoisotopic (exact) mass is 265 g/mol. The van der Waals surface area contributed by atoms with Crippen LogP contribution in [0, 0.1) is 11.8 Å². The predicted molar refractivity (Wildman–Crippen MR) is 75.7 cm³/mol. The predicted octanol–water partition coefficient (Wildman–Crippen LogP) is 1.06. The van der Waals surface area contributed by atoms with Crippen molar-refractivity contribution in [2.24, 2.45) is 17.6 Å². The number of hydrogen-bond acceptors (Lipinski definition) is 3. The van der Waals surface area contributed by atoms with E-state index in [4.69, 9.17) is 5.73 Å². The minimum absolute atomic E-state index is 0.222. The summed E-state index contributed by atoms with van der Waals surface area (Å²) in [6.45, 7) is 4.90. The van der Waals surface area contributed by atoms with Gasteiger partial charge in [-0.05, 0) is 44.7 Å². The second-order valence-corrected chi connectivity index (χ2v) is 6.50. The van der Waals surface area contributed by atoms with Crippen molar-refractivity contribution in [3.8, 4) is 0 Å². The van der Waals surface area contributed by atoms with Crippen LogP contribution in [0.1, 0.15) is 38.5 Å². The van der Waals surface area contributed by atoms with E-state index in [1.807, 2.05) is 0 Å². The van der Waals surface area contributed by atoms with Crippen LogP contribution in [-0.2, 0) is 4.79 Å². The lowest BCUT2D eigenvalue weighted by Crippen LogP contribution is -2.57. The third-order valence-corrected chi connectivity index (χ3v) is 5.43. The first-order chi connectivity index (χ1) is 9.29. The molecule has 2 aliphatic heterocycles. The van der Waals surface area contributed by atoms with Crippen LogP contribution in [0.4, 0.5) is 0 Å². The summed E-state index contributed by atoms with van der Waals surface area (Å²) in [7, 11) is 0. The van der Waals surface area contributed by atoms with Crippen molar-refractivity contribution in [1.29, 1.82) is 0 Å². The number of piperidine rings is 1. The molecule has 2 saturated heterocycles. The Hall–Kier alpha value is -0.610. The number of nitrogens with zero attached hydrogens (tertiary/aromatic N) is 2. The fourth-order valence-electron chi connectivity index (χ4n) is 4.23. The summed E-state index contributed by atoms with van der Waals surface area (Å²) in [5, 5.41) is 0. The second kappa shape index (κ2) is 5.80. The van der Waals surface area contributed by atoms with E-state index in [1.165, 1.54) is 32.2 Å². The SMILES string of the molecule is NC[C@H]1CCC[C@H]1C(=O)N1CCN2CCCCC2C1. The average molecular weight is 265 g/mol. The van der Waals surface area contributed by atoms with Crippen LogP contribution in [-0.4, -0.2) is 54.5 Å². The van der Waals surface area contributed by atoms with Crippen molar-refractivity contribution in [1.82, 2.24) is 9.80 Å². The third-order valence-electron chi connectivity index (χ3n) is 5.43. The van der Waals surface area contributed by atoms with Crippen molar-refractivity contribution in [2.75, 3.05) is 32.7 Å². The van der Waals surface area contributed by atoms with Gasteiger partial charge >= 0.3 is 0 Å². The van der Waals surface area contributed by atoms with Crippen molar-refractivity contribution in [3.63, 3.8) is 0 Å². The molecule has 2 heterocycles. The molecule has 0 aromatic carbocycles. The first-order valence-corrected chi connectivity index (χ1v) is 8.02. The van der Waals surface area contributed by atoms with Gasteiger partial charge in [-0.2, -0.15) is 0 Å². The highest BCUT2D eigenvalue weighted by molar-refractivity contribution is 5.79. The highest BCUT2D eigenvalue weighted by Crippen LogP contribution is 2.33. The number of piperazine rings is 1. The standard InChI is InChI=1S/C15H27N3O/c16-10-12-4-3-6-14(12)15(19)18-9-8-17-7-2-1-5-13(17)11-18/h12-14H,1-11,16H2/t12-,13?,14-/m1/s1. The number of hydrogen-bond donors (Lipinski definition) is 1. The van der Waals surface area contributed by atoms with Crippen molar-refractivity contribution >= 4 is 5.91 Å². The zero-order valence-corrected chi connectivity index (χ0v) is 11.9. The van der Waals surface area contributed by atoms with Gasteiger partial charge in [-0.15, -0.1) is 0 Å². The molecule has 3 aliphatic rings. The number of fused-ring (bicyclic) bond motifs is 1. The molecule has 3 atom stereocenters. The summed E-state index contributed by atoms with van der Waals surface area (Å²) < 4.78 is 0. The molecule has 0 bridgehead atoms. The van der Waals surface area contributed by atoms with E-state index in [-0.39, 0.29) is 5.92 Å². The molecule has 3 fully saturated rings. The number of carbonyl (C=O) groups is 1. The lowest BCUT2D eigenvalue weighted by Gasteiger charge is -2.44. The quantitative estimate of drug-likeness (QED) is 0.812. The Morgan fingerprint density at radius 3 is 2.79 bits per heavy atom. The van der Waals surface area contributed by atoms with Crippen molar-refractivity contribution in [2.45, 2.75) is 44.6 Å². The van der Waals surface area contributed by atoms with E-state index < -0.39 is 0 Å². The molecule has 1 aliphatic carbocycles. The Morgan fingerprint density at radius 1 is 1.05 bits per heavy atom. The maximum Gasteiger partial charge on any atom is 0.226 e. The third kappa shape index (κ3) is 2.65. The van der Waals surface area contributed by atoms with E-state index in [0.29, 0.717) is 24.4 Å². The van der Waals surface area contributed by atoms with Crippen molar-refractivity contribution in [3.05, 3.63) is 0 Å². The van der Waals surface area contributed by atoms with Gasteiger partial charge < -0.3 is 10.6 Å². The molecule has 19 heavy (non-hydrogen) atoms. The molecule has 0 spiro atoms. The summed E-state index contributed by atoms with van der Waals surface area (Å²) in [6, 6.07) is 0.629. The van der Waals surface area contributed by atoms with Crippen LogP contribution in [0.25, 0.3) is 0 Å². The zero-order valence-electron chi connectivity index (χ0n) is 11.9. The number of rotatable bonds is 2. The molecule has 3 rings (SSSR count). The Bertz CT molecular complexity index is 333. The highest BCUT2D eigenvalue weighted by Gasteiger charge is 2.38. The van der Waals surface area contributed by atoms with Crippen LogP contribution in [0.15, 0.2) is 0 Å². The van der Waals surface area contributed by atoms with E-state index in [1.54, 1.807) is 0 Å². The first-order valence-electron chi connectivity index (χ1n) is 8.02. The van der Waals surface area contributed by atoms with Crippen LogP contribution in [0.3, 0.4) is 0 Å². The fourth-order valence-corrected chi connectivity index (χ4v) is 4.23. The molecule has 1 unspecified atom stereocenters. The lowest BCUT2D eigenvalue weighted by molar-refractivity contribution is -0.140. The summed E-state index contributed by atoms with van der Waals surface area (Å²) in [5.74, 6) is 1.06. The average Bonchev–Trinajstić information content (AvgIpc) is 2.94. The molecule has 4 heteroatoms. The lowest BCUT2D eigenvalue weighted by atomic mass is 9.93. The van der Waals surface area contributed by atoms with Crippen molar-refractivity contribution < 1.29 is 4.79 Å². The van der Waals surface area contributed by atoms with Gasteiger partial charge in [-0.3, -0.25) is 9.69 Å². The largest absolute Gasteiger partial charge is 0.340 e. The molecular weight excluding hydrogens is 238 g/mol. The summed E-state index contributed by atoms with van der Waals surface area (Å²) in [4.78, 5) is 17.4. The van der Waals surface area contributed by atoms with Crippen LogP contribution in [0.2, 0.25) is 0 Å². The summed E-state index contributed by atoms with van der Waals surface area (Å²) in [6.07, 6.45) is 7.33.